The van der Waals surface area contributed by atoms with Crippen molar-refractivity contribution in [3.63, 3.8) is 0 Å². The Hall–Kier alpha value is -1.26. The third kappa shape index (κ3) is 0.929. The molecular weight excluding hydrogens is 158 g/mol. The van der Waals surface area contributed by atoms with Crippen molar-refractivity contribution in [1.82, 2.24) is 10.6 Å². The van der Waals surface area contributed by atoms with Gasteiger partial charge in [0, 0.05) is 0 Å². The molecule has 68 valence electrons. The molecule has 1 atom stereocenters. The summed E-state index contributed by atoms with van der Waals surface area (Å²) in [4.78, 5) is 22.0. The summed E-state index contributed by atoms with van der Waals surface area (Å²) in [7, 11) is 0. The highest BCUT2D eigenvalue weighted by molar-refractivity contribution is 5.95. The zero-order valence-corrected chi connectivity index (χ0v) is 7.39. The number of rotatable bonds is 1. The molecule has 1 aliphatic heterocycles. The van der Waals surface area contributed by atoms with Crippen molar-refractivity contribution in [2.75, 3.05) is 0 Å². The highest BCUT2D eigenvalue weighted by Gasteiger charge is 2.53. The van der Waals surface area contributed by atoms with Crippen molar-refractivity contribution < 1.29 is 9.59 Å². The van der Waals surface area contributed by atoms with E-state index >= 15 is 0 Å². The molecule has 0 aliphatic carbocycles. The van der Waals surface area contributed by atoms with Crippen molar-refractivity contribution in [3.05, 3.63) is 0 Å². The third-order valence-corrected chi connectivity index (χ3v) is 2.53. The van der Waals surface area contributed by atoms with Gasteiger partial charge in [0.15, 0.2) is 0 Å². The van der Waals surface area contributed by atoms with Gasteiger partial charge in [-0.05, 0) is 20.8 Å². The summed E-state index contributed by atoms with van der Waals surface area (Å²) in [6.07, 6.45) is 0. The van der Waals surface area contributed by atoms with E-state index in [0.29, 0.717) is 0 Å². The maximum absolute atomic E-state index is 11.1. The van der Waals surface area contributed by atoms with Crippen LogP contribution in [0.3, 0.4) is 0 Å². The van der Waals surface area contributed by atoms with Crippen LogP contribution in [0.5, 0.6) is 0 Å². The Morgan fingerprint density at radius 2 is 1.83 bits per heavy atom. The van der Waals surface area contributed by atoms with E-state index in [2.05, 4.69) is 10.6 Å². The van der Waals surface area contributed by atoms with Gasteiger partial charge >= 0.3 is 6.03 Å². The molecule has 0 aromatic rings. The van der Waals surface area contributed by atoms with E-state index in [1.54, 1.807) is 20.8 Å². The van der Waals surface area contributed by atoms with Crippen molar-refractivity contribution in [1.29, 1.82) is 0 Å². The van der Waals surface area contributed by atoms with Crippen molar-refractivity contribution in [3.8, 4) is 0 Å². The van der Waals surface area contributed by atoms with E-state index in [4.69, 9.17) is 5.73 Å². The van der Waals surface area contributed by atoms with Crippen molar-refractivity contribution >= 4 is 11.9 Å². The van der Waals surface area contributed by atoms with Gasteiger partial charge in [-0.3, -0.25) is 4.79 Å². The Bertz CT molecular complexity index is 249. The topological polar surface area (TPSA) is 84.2 Å². The Kier molecular flexibility index (Phi) is 1.56. The molecule has 0 aromatic carbocycles. The molecule has 0 spiro atoms. The fourth-order valence-corrected chi connectivity index (χ4v) is 1.19. The number of amides is 3. The predicted octanol–water partition coefficient (Wildman–Crippen LogP) is -0.678. The van der Waals surface area contributed by atoms with Gasteiger partial charge in [-0.25, -0.2) is 4.79 Å². The highest BCUT2D eigenvalue weighted by atomic mass is 16.2. The number of nitrogens with two attached hydrogens (primary N) is 1. The van der Waals surface area contributed by atoms with Crippen LogP contribution in [0.25, 0.3) is 0 Å². The second-order valence-corrected chi connectivity index (χ2v) is 3.69. The molecule has 0 radical (unpaired) electrons. The molecule has 5 nitrogen and oxygen atoms in total. The number of primary amides is 1. The van der Waals surface area contributed by atoms with Crippen LogP contribution in [-0.4, -0.2) is 23.0 Å². The quantitative estimate of drug-likeness (QED) is 0.488. The Balaban J connectivity index is 3.05. The first-order chi connectivity index (χ1) is 5.29. The summed E-state index contributed by atoms with van der Waals surface area (Å²) in [6, 6.07) is -0.360. The minimum Gasteiger partial charge on any atom is -0.368 e. The molecule has 1 saturated heterocycles. The first-order valence-electron chi connectivity index (χ1n) is 3.70. The van der Waals surface area contributed by atoms with Crippen molar-refractivity contribution in [2.24, 2.45) is 5.73 Å². The van der Waals surface area contributed by atoms with Crippen LogP contribution in [0.2, 0.25) is 0 Å². The number of urea groups is 1. The van der Waals surface area contributed by atoms with Gasteiger partial charge in [0.25, 0.3) is 0 Å². The summed E-state index contributed by atoms with van der Waals surface area (Å²) in [5, 5.41) is 5.11. The molecule has 1 unspecified atom stereocenters. The zero-order chi connectivity index (χ0) is 9.57. The average Bonchev–Trinajstić information content (AvgIpc) is 2.02. The van der Waals surface area contributed by atoms with Gasteiger partial charge in [-0.1, -0.05) is 0 Å². The molecule has 1 fully saturated rings. The van der Waals surface area contributed by atoms with Crippen LogP contribution in [0.15, 0.2) is 0 Å². The van der Waals surface area contributed by atoms with Crippen LogP contribution in [-0.2, 0) is 4.79 Å². The lowest BCUT2D eigenvalue weighted by Crippen LogP contribution is -2.62. The fraction of sp³-hybridized carbons (Fsp3) is 0.714. The Morgan fingerprint density at radius 1 is 1.33 bits per heavy atom. The molecule has 3 amide bonds. The molecule has 12 heavy (non-hydrogen) atoms. The lowest BCUT2D eigenvalue weighted by Gasteiger charge is -2.32. The molecular formula is C7H13N3O2. The first-order valence-corrected chi connectivity index (χ1v) is 3.70. The molecule has 4 N–H and O–H groups in total. The summed E-state index contributed by atoms with van der Waals surface area (Å²) < 4.78 is 0. The largest absolute Gasteiger partial charge is 0.368 e. The van der Waals surface area contributed by atoms with Gasteiger partial charge in [0.1, 0.15) is 5.54 Å². The highest BCUT2D eigenvalue weighted by Crippen LogP contribution is 2.25. The predicted molar refractivity (Wildman–Crippen MR) is 43.3 cm³/mol. The zero-order valence-electron chi connectivity index (χ0n) is 7.39. The summed E-state index contributed by atoms with van der Waals surface area (Å²) in [5.74, 6) is -0.536. The summed E-state index contributed by atoms with van der Waals surface area (Å²) in [6.45, 7) is 5.10. The number of nitrogens with one attached hydrogen (secondary N) is 2. The average molecular weight is 171 g/mol. The van der Waals surface area contributed by atoms with Crippen LogP contribution in [0.1, 0.15) is 20.8 Å². The van der Waals surface area contributed by atoms with Crippen molar-refractivity contribution in [2.45, 2.75) is 31.8 Å². The molecule has 0 aromatic heterocycles. The van der Waals surface area contributed by atoms with Crippen LogP contribution < -0.4 is 16.4 Å². The van der Waals surface area contributed by atoms with E-state index in [1.807, 2.05) is 0 Å². The van der Waals surface area contributed by atoms with E-state index in [-0.39, 0.29) is 6.03 Å². The van der Waals surface area contributed by atoms with Gasteiger partial charge in [-0.15, -0.1) is 0 Å². The lowest BCUT2D eigenvalue weighted by atomic mass is 9.82. The van der Waals surface area contributed by atoms with Crippen LogP contribution in [0.4, 0.5) is 4.79 Å². The third-order valence-electron chi connectivity index (χ3n) is 2.53. The molecule has 1 heterocycles. The maximum Gasteiger partial charge on any atom is 0.316 e. The summed E-state index contributed by atoms with van der Waals surface area (Å²) in [5.41, 5.74) is 3.52. The van der Waals surface area contributed by atoms with Crippen LogP contribution >= 0.6 is 0 Å². The number of hydrogen-bond acceptors (Lipinski definition) is 2. The van der Waals surface area contributed by atoms with E-state index < -0.39 is 17.0 Å². The normalized spacial score (nSPS) is 32.4. The number of carbonyl (C=O) groups excluding carboxylic acids is 2. The van der Waals surface area contributed by atoms with Gasteiger partial charge in [0.2, 0.25) is 5.91 Å². The maximum atomic E-state index is 11.1. The molecule has 1 rings (SSSR count). The Morgan fingerprint density at radius 3 is 2.00 bits per heavy atom. The SMILES string of the molecule is CC1(C)NC(=O)NC1(C)C(N)=O. The lowest BCUT2D eigenvalue weighted by molar-refractivity contribution is -0.124. The monoisotopic (exact) mass is 171 g/mol. The van der Waals surface area contributed by atoms with Gasteiger partial charge in [0.05, 0.1) is 5.54 Å². The molecule has 5 heteroatoms. The first kappa shape index (κ1) is 8.83. The summed E-state index contributed by atoms with van der Waals surface area (Å²) >= 11 is 0. The van der Waals surface area contributed by atoms with Crippen LogP contribution in [0, 0.1) is 0 Å². The standard InChI is InChI=1S/C7H13N3O2/c1-6(2)7(3,4(8)11)10-5(12)9-6/h1-3H3,(H2,8,11)(H2,9,10,12). The minimum atomic E-state index is -1.01. The van der Waals surface area contributed by atoms with Gasteiger partial charge < -0.3 is 16.4 Å². The number of carbonyl (C=O) groups is 2. The molecule has 0 bridgehead atoms. The molecule has 0 saturated carbocycles. The van der Waals surface area contributed by atoms with Gasteiger partial charge in [-0.2, -0.15) is 0 Å². The Labute approximate surface area is 70.7 Å². The fourth-order valence-electron chi connectivity index (χ4n) is 1.19. The molecule has 1 aliphatic rings. The van der Waals surface area contributed by atoms with E-state index in [9.17, 15) is 9.59 Å². The van der Waals surface area contributed by atoms with E-state index in [1.165, 1.54) is 0 Å². The second-order valence-electron chi connectivity index (χ2n) is 3.69. The van der Waals surface area contributed by atoms with E-state index in [0.717, 1.165) is 0 Å². The minimum absolute atomic E-state index is 0.360. The second kappa shape index (κ2) is 2.12. The smallest absolute Gasteiger partial charge is 0.316 e. The number of hydrogen-bond donors (Lipinski definition) is 3.